The first-order valence-electron chi connectivity index (χ1n) is 7.20. The average molecular weight is 278 g/mol. The SMILES string of the molecule is CC.Cn1c(=O)c2c(ncn2CC2CCC2)n(C)c1=O. The van der Waals surface area contributed by atoms with Crippen molar-refractivity contribution in [2.24, 2.45) is 20.0 Å². The fourth-order valence-electron chi connectivity index (χ4n) is 2.49. The molecule has 0 aromatic carbocycles. The molecule has 6 heteroatoms. The van der Waals surface area contributed by atoms with Crippen molar-refractivity contribution >= 4 is 11.2 Å². The van der Waals surface area contributed by atoms with Crippen LogP contribution in [0.2, 0.25) is 0 Å². The van der Waals surface area contributed by atoms with E-state index in [0.29, 0.717) is 17.1 Å². The third-order valence-electron chi connectivity index (χ3n) is 3.90. The molecule has 0 radical (unpaired) electrons. The molecule has 6 nitrogen and oxygen atoms in total. The van der Waals surface area contributed by atoms with Crippen LogP contribution in [0.1, 0.15) is 33.1 Å². The lowest BCUT2D eigenvalue weighted by molar-refractivity contribution is 0.279. The van der Waals surface area contributed by atoms with Crippen molar-refractivity contribution in [3.63, 3.8) is 0 Å². The quantitative estimate of drug-likeness (QED) is 0.831. The van der Waals surface area contributed by atoms with Gasteiger partial charge in [-0.25, -0.2) is 9.78 Å². The van der Waals surface area contributed by atoms with E-state index in [1.165, 1.54) is 30.9 Å². The van der Waals surface area contributed by atoms with Crippen molar-refractivity contribution in [1.82, 2.24) is 18.7 Å². The maximum absolute atomic E-state index is 12.2. The van der Waals surface area contributed by atoms with Crippen molar-refractivity contribution in [2.75, 3.05) is 0 Å². The molecule has 0 aliphatic heterocycles. The fraction of sp³-hybridized carbons (Fsp3) is 0.643. The lowest BCUT2D eigenvalue weighted by atomic mass is 9.85. The topological polar surface area (TPSA) is 61.8 Å². The zero-order valence-corrected chi connectivity index (χ0v) is 12.6. The molecule has 2 aromatic rings. The molecule has 2 aromatic heterocycles. The normalized spacial score (nSPS) is 14.8. The number of hydrogen-bond acceptors (Lipinski definition) is 3. The van der Waals surface area contributed by atoms with E-state index < -0.39 is 0 Å². The third kappa shape index (κ3) is 2.19. The van der Waals surface area contributed by atoms with Crippen LogP contribution in [-0.4, -0.2) is 18.7 Å². The van der Waals surface area contributed by atoms with E-state index in [1.807, 2.05) is 18.4 Å². The highest BCUT2D eigenvalue weighted by atomic mass is 16.2. The maximum Gasteiger partial charge on any atom is 0.332 e. The molecular weight excluding hydrogens is 256 g/mol. The minimum atomic E-state index is -0.332. The molecule has 0 unspecified atom stereocenters. The molecule has 0 saturated heterocycles. The largest absolute Gasteiger partial charge is 0.332 e. The van der Waals surface area contributed by atoms with Gasteiger partial charge < -0.3 is 4.57 Å². The van der Waals surface area contributed by atoms with Gasteiger partial charge in [-0.3, -0.25) is 13.9 Å². The van der Waals surface area contributed by atoms with Crippen LogP contribution < -0.4 is 11.2 Å². The molecular formula is C14H22N4O2. The first kappa shape index (κ1) is 14.6. The highest BCUT2D eigenvalue weighted by molar-refractivity contribution is 5.69. The van der Waals surface area contributed by atoms with Gasteiger partial charge >= 0.3 is 5.69 Å². The molecule has 1 aliphatic carbocycles. The summed E-state index contributed by atoms with van der Waals surface area (Å²) >= 11 is 0. The van der Waals surface area contributed by atoms with Crippen molar-refractivity contribution in [3.8, 4) is 0 Å². The van der Waals surface area contributed by atoms with Crippen LogP contribution in [0.3, 0.4) is 0 Å². The molecule has 0 amide bonds. The Balaban J connectivity index is 0.000000704. The van der Waals surface area contributed by atoms with Gasteiger partial charge in [-0.05, 0) is 18.8 Å². The molecule has 1 aliphatic rings. The minimum Gasteiger partial charge on any atom is -0.324 e. The third-order valence-corrected chi connectivity index (χ3v) is 3.90. The van der Waals surface area contributed by atoms with Crippen LogP contribution in [0.15, 0.2) is 15.9 Å². The number of imidazole rings is 1. The highest BCUT2D eigenvalue weighted by Gasteiger charge is 2.21. The van der Waals surface area contributed by atoms with Gasteiger partial charge in [0, 0.05) is 20.6 Å². The van der Waals surface area contributed by atoms with Crippen LogP contribution in [0.5, 0.6) is 0 Å². The van der Waals surface area contributed by atoms with Crippen molar-refractivity contribution < 1.29 is 0 Å². The smallest absolute Gasteiger partial charge is 0.324 e. The van der Waals surface area contributed by atoms with Gasteiger partial charge in [0.2, 0.25) is 0 Å². The maximum atomic E-state index is 12.2. The van der Waals surface area contributed by atoms with Crippen LogP contribution in [0.4, 0.5) is 0 Å². The molecule has 1 fully saturated rings. The number of aryl methyl sites for hydroxylation is 1. The second-order valence-electron chi connectivity index (χ2n) is 5.07. The first-order chi connectivity index (χ1) is 9.59. The number of nitrogens with zero attached hydrogens (tertiary/aromatic N) is 4. The van der Waals surface area contributed by atoms with Gasteiger partial charge in [0.05, 0.1) is 6.33 Å². The standard InChI is InChI=1S/C12H16N4O2.C2H6/c1-14-10-9(11(17)15(2)12(14)18)16(7-13-10)6-8-4-3-5-8;1-2/h7-8H,3-6H2,1-2H3;1-2H3. The molecule has 3 rings (SSSR count). The summed E-state index contributed by atoms with van der Waals surface area (Å²) in [4.78, 5) is 28.1. The van der Waals surface area contributed by atoms with E-state index in [1.54, 1.807) is 13.4 Å². The van der Waals surface area contributed by atoms with E-state index in [2.05, 4.69) is 4.98 Å². The Labute approximate surface area is 117 Å². The second-order valence-corrected chi connectivity index (χ2v) is 5.07. The predicted molar refractivity (Wildman–Crippen MR) is 78.9 cm³/mol. The molecule has 2 heterocycles. The molecule has 20 heavy (non-hydrogen) atoms. The summed E-state index contributed by atoms with van der Waals surface area (Å²) in [5.41, 5.74) is 0.417. The Kier molecular flexibility index (Phi) is 4.11. The molecule has 0 spiro atoms. The van der Waals surface area contributed by atoms with E-state index >= 15 is 0 Å². The van der Waals surface area contributed by atoms with Gasteiger partial charge in [0.15, 0.2) is 11.2 Å². The lowest BCUT2D eigenvalue weighted by Gasteiger charge is -2.25. The van der Waals surface area contributed by atoms with Crippen LogP contribution in [-0.2, 0) is 20.6 Å². The van der Waals surface area contributed by atoms with Crippen molar-refractivity contribution in [1.29, 1.82) is 0 Å². The number of aromatic nitrogens is 4. The Morgan fingerprint density at radius 2 is 1.85 bits per heavy atom. The van der Waals surface area contributed by atoms with Gasteiger partial charge in [-0.1, -0.05) is 20.3 Å². The Morgan fingerprint density at radius 1 is 1.20 bits per heavy atom. The van der Waals surface area contributed by atoms with Gasteiger partial charge in [-0.2, -0.15) is 0 Å². The van der Waals surface area contributed by atoms with Gasteiger partial charge in [0.1, 0.15) is 0 Å². The summed E-state index contributed by atoms with van der Waals surface area (Å²) in [6.07, 6.45) is 5.37. The van der Waals surface area contributed by atoms with Crippen molar-refractivity contribution in [2.45, 2.75) is 39.7 Å². The summed E-state index contributed by atoms with van der Waals surface area (Å²) in [5.74, 6) is 0.643. The molecule has 110 valence electrons. The average Bonchev–Trinajstić information content (AvgIpc) is 2.84. The van der Waals surface area contributed by atoms with E-state index in [9.17, 15) is 9.59 Å². The minimum absolute atomic E-state index is 0.259. The Hall–Kier alpha value is -1.85. The molecule has 0 N–H and O–H groups in total. The molecule has 0 atom stereocenters. The number of rotatable bonds is 2. The summed E-state index contributed by atoms with van der Waals surface area (Å²) in [5, 5.41) is 0. The first-order valence-corrected chi connectivity index (χ1v) is 7.20. The van der Waals surface area contributed by atoms with Crippen LogP contribution >= 0.6 is 0 Å². The van der Waals surface area contributed by atoms with Gasteiger partial charge in [-0.15, -0.1) is 0 Å². The fourth-order valence-corrected chi connectivity index (χ4v) is 2.49. The second kappa shape index (κ2) is 5.64. The summed E-state index contributed by atoms with van der Waals surface area (Å²) in [6.45, 7) is 4.82. The van der Waals surface area contributed by atoms with Crippen LogP contribution in [0.25, 0.3) is 11.2 Å². The Morgan fingerprint density at radius 3 is 2.40 bits per heavy atom. The Bertz CT molecular complexity index is 719. The monoisotopic (exact) mass is 278 g/mol. The van der Waals surface area contributed by atoms with E-state index in [0.717, 1.165) is 11.1 Å². The number of fused-ring (bicyclic) bond motifs is 1. The van der Waals surface area contributed by atoms with Crippen LogP contribution in [0, 0.1) is 5.92 Å². The summed E-state index contributed by atoms with van der Waals surface area (Å²) < 4.78 is 4.45. The molecule has 1 saturated carbocycles. The number of hydrogen-bond donors (Lipinski definition) is 0. The zero-order chi connectivity index (χ0) is 14.9. The van der Waals surface area contributed by atoms with E-state index in [-0.39, 0.29) is 11.2 Å². The van der Waals surface area contributed by atoms with Crippen molar-refractivity contribution in [3.05, 3.63) is 27.2 Å². The van der Waals surface area contributed by atoms with Gasteiger partial charge in [0.25, 0.3) is 5.56 Å². The predicted octanol–water partition coefficient (Wildman–Crippen LogP) is 1.26. The highest BCUT2D eigenvalue weighted by Crippen LogP contribution is 2.28. The summed E-state index contributed by atoms with van der Waals surface area (Å²) in [7, 11) is 3.15. The molecule has 0 bridgehead atoms. The zero-order valence-electron chi connectivity index (χ0n) is 12.6. The summed E-state index contributed by atoms with van der Waals surface area (Å²) in [6, 6.07) is 0. The lowest BCUT2D eigenvalue weighted by Crippen LogP contribution is -2.37. The van der Waals surface area contributed by atoms with E-state index in [4.69, 9.17) is 0 Å².